The Morgan fingerprint density at radius 3 is 2.69 bits per heavy atom. The number of halogens is 1. The van der Waals surface area contributed by atoms with Gasteiger partial charge in [-0.1, -0.05) is 11.3 Å². The molecule has 1 aromatic carbocycles. The average molecular weight is 440 g/mol. The number of nitrogens with zero attached hydrogens (tertiary/aromatic N) is 3. The van der Waals surface area contributed by atoms with Crippen LogP contribution in [0.2, 0.25) is 0 Å². The molecule has 0 aliphatic carbocycles. The second kappa shape index (κ2) is 10.0. The number of benzene rings is 1. The molecular weight excluding hydrogens is 417 g/mol. The maximum Gasteiger partial charge on any atom is 0.325 e. The van der Waals surface area contributed by atoms with Gasteiger partial charge in [-0.05, 0) is 37.5 Å². The molecule has 3 rings (SSSR count). The molecule has 1 aliphatic rings. The molecule has 0 bridgehead atoms. The molecular formula is C19H22FN3O4S2. The summed E-state index contributed by atoms with van der Waals surface area (Å²) >= 11 is 2.35. The molecule has 7 nitrogen and oxygen atoms in total. The van der Waals surface area contributed by atoms with Gasteiger partial charge in [0.25, 0.3) is 5.91 Å². The van der Waals surface area contributed by atoms with Gasteiger partial charge in [-0.25, -0.2) is 4.39 Å². The smallest absolute Gasteiger partial charge is 0.325 e. The van der Waals surface area contributed by atoms with Crippen LogP contribution in [-0.4, -0.2) is 59.0 Å². The first-order valence-electron chi connectivity index (χ1n) is 9.26. The van der Waals surface area contributed by atoms with Crippen LogP contribution in [0.15, 0.2) is 23.2 Å². The third-order valence-corrected chi connectivity index (χ3v) is 6.48. The zero-order valence-electron chi connectivity index (χ0n) is 16.1. The summed E-state index contributed by atoms with van der Waals surface area (Å²) in [5.41, 5.74) is 0.598. The molecule has 0 radical (unpaired) electrons. The number of carbonyl (C=O) groups excluding carboxylic acids is 3. The lowest BCUT2D eigenvalue weighted by Gasteiger charge is -2.26. The first kappa shape index (κ1) is 21.5. The number of hydrogen-bond acceptors (Lipinski definition) is 6. The fourth-order valence-corrected chi connectivity index (χ4v) is 4.85. The molecule has 2 amide bonds. The Labute approximate surface area is 175 Å². The van der Waals surface area contributed by atoms with Gasteiger partial charge in [0.1, 0.15) is 12.4 Å². The number of likely N-dealkylation sites (tertiary alicyclic amines) is 1. The van der Waals surface area contributed by atoms with Crippen LogP contribution in [0.25, 0.3) is 10.2 Å². The van der Waals surface area contributed by atoms with Crippen molar-refractivity contribution >= 4 is 51.1 Å². The highest BCUT2D eigenvalue weighted by Crippen LogP contribution is 2.19. The van der Waals surface area contributed by atoms with Gasteiger partial charge in [0.05, 0.1) is 28.8 Å². The van der Waals surface area contributed by atoms with Gasteiger partial charge in [0.2, 0.25) is 5.91 Å². The summed E-state index contributed by atoms with van der Waals surface area (Å²) in [5, 5.41) is 0. The van der Waals surface area contributed by atoms with Gasteiger partial charge in [0.15, 0.2) is 4.80 Å². The molecule has 1 aromatic heterocycles. The van der Waals surface area contributed by atoms with E-state index in [1.54, 1.807) is 6.07 Å². The summed E-state index contributed by atoms with van der Waals surface area (Å²) in [5.74, 6) is -0.979. The van der Waals surface area contributed by atoms with E-state index >= 15 is 0 Å². The Hall–Kier alpha value is -2.20. The maximum absolute atomic E-state index is 13.5. The van der Waals surface area contributed by atoms with E-state index in [4.69, 9.17) is 4.74 Å². The largest absolute Gasteiger partial charge is 0.468 e. The van der Waals surface area contributed by atoms with Gasteiger partial charge in [-0.3, -0.25) is 14.4 Å². The lowest BCUT2D eigenvalue weighted by atomic mass is 10.1. The minimum Gasteiger partial charge on any atom is -0.468 e. The van der Waals surface area contributed by atoms with Crippen LogP contribution in [0.1, 0.15) is 19.3 Å². The molecule has 1 aliphatic heterocycles. The number of amides is 2. The van der Waals surface area contributed by atoms with E-state index in [0.717, 1.165) is 43.7 Å². The number of aromatic nitrogens is 1. The molecule has 29 heavy (non-hydrogen) atoms. The zero-order chi connectivity index (χ0) is 20.8. The van der Waals surface area contributed by atoms with Crippen molar-refractivity contribution in [1.29, 1.82) is 0 Å². The summed E-state index contributed by atoms with van der Waals surface area (Å²) in [6, 6.07) is 4.17. The topological polar surface area (TPSA) is 81.0 Å². The van der Waals surface area contributed by atoms with Crippen LogP contribution in [0, 0.1) is 5.82 Å². The Morgan fingerprint density at radius 2 is 1.97 bits per heavy atom. The minimum absolute atomic E-state index is 0.0422. The van der Waals surface area contributed by atoms with Crippen LogP contribution in [0.3, 0.4) is 0 Å². The highest BCUT2D eigenvalue weighted by molar-refractivity contribution is 8.00. The molecule has 2 heterocycles. The Morgan fingerprint density at radius 1 is 1.21 bits per heavy atom. The standard InChI is InChI=1S/C19H22FN3O4S2/c1-27-18(26)10-23-14-6-5-13(20)9-15(14)29-19(23)21-16(24)11-28-12-17(25)22-7-3-2-4-8-22/h5-6,9H,2-4,7-8,10-12H2,1H3. The quantitative estimate of drug-likeness (QED) is 0.645. The molecule has 0 atom stereocenters. The molecule has 156 valence electrons. The summed E-state index contributed by atoms with van der Waals surface area (Å²) in [6.45, 7) is 1.43. The lowest BCUT2D eigenvalue weighted by Crippen LogP contribution is -2.36. The second-order valence-electron chi connectivity index (χ2n) is 6.60. The zero-order valence-corrected chi connectivity index (χ0v) is 17.7. The number of fused-ring (bicyclic) bond motifs is 1. The highest BCUT2D eigenvalue weighted by Gasteiger charge is 2.17. The Balaban J connectivity index is 1.70. The molecule has 0 N–H and O–H groups in total. The van der Waals surface area contributed by atoms with E-state index in [1.807, 2.05) is 4.90 Å². The third kappa shape index (κ3) is 5.66. The number of thioether (sulfide) groups is 1. The minimum atomic E-state index is -0.496. The van der Waals surface area contributed by atoms with Crippen molar-refractivity contribution < 1.29 is 23.5 Å². The fraction of sp³-hybridized carbons (Fsp3) is 0.474. The van der Waals surface area contributed by atoms with E-state index in [1.165, 1.54) is 35.6 Å². The average Bonchev–Trinajstić information content (AvgIpc) is 3.04. The monoisotopic (exact) mass is 439 g/mol. The number of hydrogen-bond donors (Lipinski definition) is 0. The number of ether oxygens (including phenoxy) is 1. The molecule has 0 saturated carbocycles. The van der Waals surface area contributed by atoms with Crippen LogP contribution in [-0.2, 0) is 25.7 Å². The van der Waals surface area contributed by atoms with Crippen LogP contribution >= 0.6 is 23.1 Å². The molecule has 1 saturated heterocycles. The SMILES string of the molecule is COC(=O)Cn1c(=NC(=O)CSCC(=O)N2CCCCC2)sc2cc(F)ccc21. The first-order chi connectivity index (χ1) is 14.0. The Bertz CT molecular complexity index is 979. The van der Waals surface area contributed by atoms with Gasteiger partial charge in [-0.2, -0.15) is 4.99 Å². The maximum atomic E-state index is 13.5. The number of piperidine rings is 1. The van der Waals surface area contributed by atoms with Crippen molar-refractivity contribution in [3.63, 3.8) is 0 Å². The lowest BCUT2D eigenvalue weighted by molar-refractivity contribution is -0.141. The molecule has 1 fully saturated rings. The number of thiazole rings is 1. The van der Waals surface area contributed by atoms with Gasteiger partial charge >= 0.3 is 5.97 Å². The normalized spacial score (nSPS) is 15.0. The predicted molar refractivity (Wildman–Crippen MR) is 110 cm³/mol. The summed E-state index contributed by atoms with van der Waals surface area (Å²) in [4.78, 5) is 42.4. The van der Waals surface area contributed by atoms with Crippen LogP contribution in [0.5, 0.6) is 0 Å². The van der Waals surface area contributed by atoms with E-state index in [0.29, 0.717) is 15.0 Å². The van der Waals surface area contributed by atoms with Gasteiger partial charge in [0, 0.05) is 13.1 Å². The molecule has 0 unspecified atom stereocenters. The third-order valence-electron chi connectivity index (χ3n) is 4.54. The van der Waals surface area contributed by atoms with Crippen molar-refractivity contribution in [3.05, 3.63) is 28.8 Å². The van der Waals surface area contributed by atoms with Crippen molar-refractivity contribution in [1.82, 2.24) is 9.47 Å². The highest BCUT2D eigenvalue weighted by atomic mass is 32.2. The van der Waals surface area contributed by atoms with E-state index < -0.39 is 17.7 Å². The van der Waals surface area contributed by atoms with E-state index in [-0.39, 0.29) is 24.0 Å². The van der Waals surface area contributed by atoms with Crippen LogP contribution in [0.4, 0.5) is 4.39 Å². The summed E-state index contributed by atoms with van der Waals surface area (Å²) in [7, 11) is 1.27. The molecule has 2 aromatic rings. The molecule has 10 heteroatoms. The first-order valence-corrected chi connectivity index (χ1v) is 11.2. The number of esters is 1. The fourth-order valence-electron chi connectivity index (χ4n) is 3.08. The molecule has 0 spiro atoms. The Kier molecular flexibility index (Phi) is 7.43. The predicted octanol–water partition coefficient (Wildman–Crippen LogP) is 2.19. The summed E-state index contributed by atoms with van der Waals surface area (Å²) in [6.07, 6.45) is 3.20. The van der Waals surface area contributed by atoms with Crippen molar-refractivity contribution in [3.8, 4) is 0 Å². The van der Waals surface area contributed by atoms with E-state index in [9.17, 15) is 18.8 Å². The van der Waals surface area contributed by atoms with E-state index in [2.05, 4.69) is 4.99 Å². The summed E-state index contributed by atoms with van der Waals surface area (Å²) < 4.78 is 20.3. The van der Waals surface area contributed by atoms with Crippen LogP contribution < -0.4 is 4.80 Å². The second-order valence-corrected chi connectivity index (χ2v) is 8.59. The van der Waals surface area contributed by atoms with Gasteiger partial charge < -0.3 is 14.2 Å². The van der Waals surface area contributed by atoms with Crippen molar-refractivity contribution in [2.24, 2.45) is 4.99 Å². The number of rotatable bonds is 6. The van der Waals surface area contributed by atoms with Crippen molar-refractivity contribution in [2.75, 3.05) is 31.7 Å². The number of carbonyl (C=O) groups is 3. The van der Waals surface area contributed by atoms with Crippen molar-refractivity contribution in [2.45, 2.75) is 25.8 Å². The number of methoxy groups -OCH3 is 1. The van der Waals surface area contributed by atoms with Gasteiger partial charge in [-0.15, -0.1) is 11.8 Å².